The molecule has 0 radical (unpaired) electrons. The van der Waals surface area contributed by atoms with Crippen LogP contribution >= 0.6 is 7.14 Å². The molecule has 0 fully saturated rings. The van der Waals surface area contributed by atoms with Crippen molar-refractivity contribution >= 4 is 17.8 Å². The Hall–Kier alpha value is -2.11. The van der Waals surface area contributed by atoms with Crippen LogP contribution in [0.1, 0.15) is 34.1 Å². The van der Waals surface area contributed by atoms with Gasteiger partial charge >= 0.3 is 0 Å². The molecule has 2 aromatic carbocycles. The highest BCUT2D eigenvalue weighted by Gasteiger charge is 2.30. The second-order valence-electron chi connectivity index (χ2n) is 4.94. The molecule has 0 aromatic heterocycles. The van der Waals surface area contributed by atoms with E-state index in [1.807, 2.05) is 107 Å². The highest BCUT2D eigenvalue weighted by molar-refractivity contribution is 7.82. The van der Waals surface area contributed by atoms with Crippen LogP contribution in [0.25, 0.3) is 0 Å². The van der Waals surface area contributed by atoms with Crippen molar-refractivity contribution < 1.29 is 4.57 Å². The summed E-state index contributed by atoms with van der Waals surface area (Å²) in [4.78, 5) is 0. The lowest BCUT2D eigenvalue weighted by atomic mass is 10.4. The van der Waals surface area contributed by atoms with Gasteiger partial charge in [-0.25, -0.2) is 0 Å². The van der Waals surface area contributed by atoms with E-state index >= 15 is 0 Å². The Bertz CT molecular complexity index is 697. The van der Waals surface area contributed by atoms with Crippen molar-refractivity contribution in [1.82, 2.24) is 0 Å². The molecule has 1 aliphatic carbocycles. The first-order valence-corrected chi connectivity index (χ1v) is 10.8. The van der Waals surface area contributed by atoms with Gasteiger partial charge in [-0.05, 0) is 6.42 Å². The second-order valence-corrected chi connectivity index (χ2v) is 7.71. The number of hydrogen-bond donors (Lipinski definition) is 0. The van der Waals surface area contributed by atoms with Gasteiger partial charge in [0.2, 0.25) is 0 Å². The molecule has 25 heavy (non-hydrogen) atoms. The topological polar surface area (TPSA) is 17.1 Å². The molecule has 132 valence electrons. The van der Waals surface area contributed by atoms with Gasteiger partial charge in [-0.2, -0.15) is 0 Å². The largest absolute Gasteiger partial charge is 0.309 e. The summed E-state index contributed by atoms with van der Waals surface area (Å²) in [5.41, 5.74) is 0. The third kappa shape index (κ3) is 5.18. The summed E-state index contributed by atoms with van der Waals surface area (Å²) in [6.07, 6.45) is 11.0. The van der Waals surface area contributed by atoms with E-state index in [4.69, 9.17) is 0 Å². The van der Waals surface area contributed by atoms with Crippen molar-refractivity contribution in [2.75, 3.05) is 0 Å². The molecule has 0 unspecified atom stereocenters. The molecule has 0 heterocycles. The van der Waals surface area contributed by atoms with Gasteiger partial charge in [0.1, 0.15) is 0 Å². The van der Waals surface area contributed by atoms with E-state index in [9.17, 15) is 4.57 Å². The van der Waals surface area contributed by atoms with Gasteiger partial charge in [-0.15, -0.1) is 0 Å². The molecule has 2 heteroatoms. The molecular weight excluding hydrogens is 323 g/mol. The quantitative estimate of drug-likeness (QED) is 0.580. The van der Waals surface area contributed by atoms with Crippen molar-refractivity contribution in [3.8, 4) is 0 Å². The molecule has 0 saturated carbocycles. The molecular formula is C23H29OP. The number of rotatable bonds is 3. The van der Waals surface area contributed by atoms with E-state index in [1.165, 1.54) is 0 Å². The summed E-state index contributed by atoms with van der Waals surface area (Å²) in [7, 11) is -2.80. The van der Waals surface area contributed by atoms with E-state index in [0.29, 0.717) is 0 Å². The zero-order valence-corrected chi connectivity index (χ0v) is 16.6. The van der Waals surface area contributed by atoms with E-state index in [0.717, 1.165) is 22.3 Å². The van der Waals surface area contributed by atoms with Gasteiger partial charge in [0, 0.05) is 15.9 Å². The molecule has 0 N–H and O–H groups in total. The molecule has 0 spiro atoms. The first-order chi connectivity index (χ1) is 12.3. The van der Waals surface area contributed by atoms with Gasteiger partial charge < -0.3 is 4.57 Å². The van der Waals surface area contributed by atoms with E-state index in [-0.39, 0.29) is 0 Å². The maximum atomic E-state index is 14.0. The molecule has 0 aliphatic heterocycles. The van der Waals surface area contributed by atoms with Crippen LogP contribution in [0.15, 0.2) is 96.4 Å². The van der Waals surface area contributed by atoms with Crippen LogP contribution < -0.4 is 10.6 Å². The van der Waals surface area contributed by atoms with Crippen LogP contribution in [0.2, 0.25) is 0 Å². The summed E-state index contributed by atoms with van der Waals surface area (Å²) in [5.74, 6) is 0. The number of benzene rings is 2. The summed E-state index contributed by atoms with van der Waals surface area (Å²) in [6, 6.07) is 19.5. The molecule has 0 atom stereocenters. The van der Waals surface area contributed by atoms with Crippen LogP contribution in [0.3, 0.4) is 0 Å². The standard InChI is InChI=1S/C19H17OP.2C2H6/c20-21(18-13-7-3-8-14-18,19-15-9-4-10-16-19)17-11-5-1-2-6-12-17;2*1-2/h1,3-16H,2H2;2*1-2H3. The summed E-state index contributed by atoms with van der Waals surface area (Å²) in [5, 5.41) is 2.64. The number of hydrogen-bond acceptors (Lipinski definition) is 1. The maximum Gasteiger partial charge on any atom is 0.171 e. The Morgan fingerprint density at radius 3 is 1.68 bits per heavy atom. The first-order valence-electron chi connectivity index (χ1n) is 9.07. The fraction of sp³-hybridized carbons (Fsp3) is 0.217. The van der Waals surface area contributed by atoms with Crippen molar-refractivity contribution in [1.29, 1.82) is 0 Å². The third-order valence-electron chi connectivity index (χ3n) is 3.57. The molecule has 0 saturated heterocycles. The van der Waals surface area contributed by atoms with Crippen LogP contribution in [0, 0.1) is 0 Å². The van der Waals surface area contributed by atoms with E-state index < -0.39 is 7.14 Å². The molecule has 0 bridgehead atoms. The summed E-state index contributed by atoms with van der Waals surface area (Å²) >= 11 is 0. The minimum Gasteiger partial charge on any atom is -0.309 e. The van der Waals surface area contributed by atoms with Gasteiger partial charge in [-0.1, -0.05) is 119 Å². The predicted molar refractivity (Wildman–Crippen MR) is 113 cm³/mol. The lowest BCUT2D eigenvalue weighted by Crippen LogP contribution is -2.16. The summed E-state index contributed by atoms with van der Waals surface area (Å²) < 4.78 is 14.0. The average Bonchev–Trinajstić information content (AvgIpc) is 3.02. The van der Waals surface area contributed by atoms with Crippen molar-refractivity contribution in [2.45, 2.75) is 34.1 Å². The Kier molecular flexibility index (Phi) is 9.58. The van der Waals surface area contributed by atoms with Gasteiger partial charge in [-0.3, -0.25) is 0 Å². The lowest BCUT2D eigenvalue weighted by molar-refractivity contribution is 0.591. The average molecular weight is 352 g/mol. The third-order valence-corrected chi connectivity index (χ3v) is 6.64. The van der Waals surface area contributed by atoms with Crippen molar-refractivity contribution in [3.05, 3.63) is 96.4 Å². The second kappa shape index (κ2) is 11.4. The van der Waals surface area contributed by atoms with E-state index in [1.54, 1.807) is 0 Å². The Morgan fingerprint density at radius 1 is 0.720 bits per heavy atom. The van der Waals surface area contributed by atoms with Crippen LogP contribution in [0.4, 0.5) is 0 Å². The van der Waals surface area contributed by atoms with Gasteiger partial charge in [0.15, 0.2) is 7.14 Å². The minimum absolute atomic E-state index is 0.877. The first kappa shape index (κ1) is 20.9. The zero-order chi connectivity index (χ0) is 18.5. The fourth-order valence-corrected chi connectivity index (χ4v) is 5.19. The lowest BCUT2D eigenvalue weighted by Gasteiger charge is -2.20. The van der Waals surface area contributed by atoms with Crippen LogP contribution in [0.5, 0.6) is 0 Å². The van der Waals surface area contributed by atoms with Gasteiger partial charge in [0.05, 0.1) is 0 Å². The predicted octanol–water partition coefficient (Wildman–Crippen LogP) is 6.45. The number of allylic oxidation sites excluding steroid dienone is 6. The van der Waals surface area contributed by atoms with Crippen molar-refractivity contribution in [3.63, 3.8) is 0 Å². The smallest absolute Gasteiger partial charge is 0.171 e. The highest BCUT2D eigenvalue weighted by atomic mass is 31.2. The molecule has 1 nitrogen and oxygen atoms in total. The Balaban J connectivity index is 0.000000730. The van der Waals surface area contributed by atoms with Crippen molar-refractivity contribution in [2.24, 2.45) is 0 Å². The Labute approximate surface area is 153 Å². The molecule has 0 amide bonds. The summed E-state index contributed by atoms with van der Waals surface area (Å²) in [6.45, 7) is 8.00. The maximum absolute atomic E-state index is 14.0. The van der Waals surface area contributed by atoms with Gasteiger partial charge in [0.25, 0.3) is 0 Å². The minimum atomic E-state index is -2.80. The Morgan fingerprint density at radius 2 is 1.20 bits per heavy atom. The van der Waals surface area contributed by atoms with E-state index in [2.05, 4.69) is 12.2 Å². The monoisotopic (exact) mass is 352 g/mol. The molecule has 1 aliphatic rings. The molecule has 2 aromatic rings. The molecule has 3 rings (SSSR count). The normalized spacial score (nSPS) is 12.7. The van der Waals surface area contributed by atoms with Crippen LogP contribution in [-0.4, -0.2) is 0 Å². The highest BCUT2D eigenvalue weighted by Crippen LogP contribution is 2.52. The zero-order valence-electron chi connectivity index (χ0n) is 15.7. The fourth-order valence-electron chi connectivity index (χ4n) is 2.50. The SMILES string of the molecule is CC.CC.O=P(C1=CC=CCC=C1)(c1ccccc1)c1ccccc1. The van der Waals surface area contributed by atoms with Crippen LogP contribution in [-0.2, 0) is 4.57 Å².